The lowest BCUT2D eigenvalue weighted by atomic mass is 9.90. The van der Waals surface area contributed by atoms with E-state index < -0.39 is 6.10 Å². The van der Waals surface area contributed by atoms with E-state index in [4.69, 9.17) is 17.3 Å². The van der Waals surface area contributed by atoms with E-state index in [1.54, 1.807) is 24.5 Å². The third-order valence-electron chi connectivity index (χ3n) is 3.03. The monoisotopic (exact) mass is 340 g/mol. The van der Waals surface area contributed by atoms with Gasteiger partial charge in [0.1, 0.15) is 0 Å². The Kier molecular flexibility index (Phi) is 4.93. The average molecular weight is 342 g/mol. The standard InChI is InChI=1S/C14H14BrClN2O/c15-12-6-9(3-4-13(12)16)14(19)11(7-17)10-2-1-5-18-8-10/h1-6,8,11,14,19H,7,17H2. The number of aliphatic hydroxyl groups excluding tert-OH is 1. The number of nitrogens with two attached hydrogens (primary N) is 1. The molecule has 0 bridgehead atoms. The Morgan fingerprint density at radius 2 is 2.11 bits per heavy atom. The Balaban J connectivity index is 2.30. The molecule has 0 radical (unpaired) electrons. The molecule has 1 aromatic heterocycles. The van der Waals surface area contributed by atoms with E-state index in [9.17, 15) is 5.11 Å². The fraction of sp³-hybridized carbons (Fsp3) is 0.214. The molecule has 100 valence electrons. The molecule has 19 heavy (non-hydrogen) atoms. The second-order valence-corrected chi connectivity index (χ2v) is 5.51. The van der Waals surface area contributed by atoms with Crippen LogP contribution in [0.1, 0.15) is 23.1 Å². The molecule has 2 rings (SSSR count). The summed E-state index contributed by atoms with van der Waals surface area (Å²) in [5.41, 5.74) is 7.48. The molecule has 0 aliphatic rings. The Hall–Kier alpha value is -0.940. The van der Waals surface area contributed by atoms with E-state index in [-0.39, 0.29) is 5.92 Å². The van der Waals surface area contributed by atoms with Gasteiger partial charge in [-0.3, -0.25) is 4.98 Å². The molecule has 2 aromatic rings. The van der Waals surface area contributed by atoms with Crippen molar-refractivity contribution < 1.29 is 5.11 Å². The van der Waals surface area contributed by atoms with E-state index in [2.05, 4.69) is 20.9 Å². The lowest BCUT2D eigenvalue weighted by Crippen LogP contribution is -2.20. The molecule has 5 heteroatoms. The van der Waals surface area contributed by atoms with Crippen molar-refractivity contribution >= 4 is 27.5 Å². The van der Waals surface area contributed by atoms with Crippen LogP contribution in [-0.4, -0.2) is 16.6 Å². The second kappa shape index (κ2) is 6.48. The molecule has 3 N–H and O–H groups in total. The zero-order chi connectivity index (χ0) is 13.8. The van der Waals surface area contributed by atoms with Crippen LogP contribution in [0.4, 0.5) is 0 Å². The minimum Gasteiger partial charge on any atom is -0.388 e. The van der Waals surface area contributed by atoms with Crippen molar-refractivity contribution in [1.29, 1.82) is 0 Å². The highest BCUT2D eigenvalue weighted by Crippen LogP contribution is 2.33. The van der Waals surface area contributed by atoms with Gasteiger partial charge in [-0.05, 0) is 45.3 Å². The third-order valence-corrected chi connectivity index (χ3v) is 4.25. The molecule has 0 saturated carbocycles. The molecule has 0 aliphatic heterocycles. The van der Waals surface area contributed by atoms with Crippen LogP contribution >= 0.6 is 27.5 Å². The number of hydrogen-bond donors (Lipinski definition) is 2. The van der Waals surface area contributed by atoms with Gasteiger partial charge in [-0.15, -0.1) is 0 Å². The topological polar surface area (TPSA) is 59.1 Å². The summed E-state index contributed by atoms with van der Waals surface area (Å²) >= 11 is 9.31. The molecular formula is C14H14BrClN2O. The molecule has 0 aliphatic carbocycles. The predicted octanol–water partition coefficient (Wildman–Crippen LogP) is 3.27. The normalized spacial score (nSPS) is 14.1. The predicted molar refractivity (Wildman–Crippen MR) is 80.1 cm³/mol. The van der Waals surface area contributed by atoms with Crippen molar-refractivity contribution in [1.82, 2.24) is 4.98 Å². The number of aromatic nitrogens is 1. The molecule has 1 aromatic carbocycles. The van der Waals surface area contributed by atoms with Gasteiger partial charge < -0.3 is 10.8 Å². The van der Waals surface area contributed by atoms with Crippen LogP contribution in [0.15, 0.2) is 47.2 Å². The second-order valence-electron chi connectivity index (χ2n) is 4.25. The number of benzene rings is 1. The van der Waals surface area contributed by atoms with Crippen molar-refractivity contribution in [3.05, 3.63) is 63.3 Å². The largest absolute Gasteiger partial charge is 0.388 e. The maximum Gasteiger partial charge on any atom is 0.0871 e. The van der Waals surface area contributed by atoms with Gasteiger partial charge in [-0.25, -0.2) is 0 Å². The zero-order valence-corrected chi connectivity index (χ0v) is 12.5. The lowest BCUT2D eigenvalue weighted by molar-refractivity contribution is 0.147. The van der Waals surface area contributed by atoms with Gasteiger partial charge in [0.2, 0.25) is 0 Å². The molecule has 3 nitrogen and oxygen atoms in total. The Morgan fingerprint density at radius 1 is 1.32 bits per heavy atom. The Labute approximate surface area is 125 Å². The molecule has 0 amide bonds. The van der Waals surface area contributed by atoms with Crippen molar-refractivity contribution in [3.63, 3.8) is 0 Å². The summed E-state index contributed by atoms with van der Waals surface area (Å²) in [7, 11) is 0. The van der Waals surface area contributed by atoms with Gasteiger partial charge >= 0.3 is 0 Å². The van der Waals surface area contributed by atoms with Crippen LogP contribution < -0.4 is 5.73 Å². The summed E-state index contributed by atoms with van der Waals surface area (Å²) in [6.07, 6.45) is 2.73. The molecule has 0 fully saturated rings. The molecule has 0 spiro atoms. The fourth-order valence-electron chi connectivity index (χ4n) is 1.97. The highest BCUT2D eigenvalue weighted by molar-refractivity contribution is 9.10. The van der Waals surface area contributed by atoms with Gasteiger partial charge in [0, 0.05) is 29.3 Å². The summed E-state index contributed by atoms with van der Waals surface area (Å²) in [5.74, 6) is -0.193. The Bertz CT molecular complexity index is 550. The quantitative estimate of drug-likeness (QED) is 0.897. The highest BCUT2D eigenvalue weighted by atomic mass is 79.9. The van der Waals surface area contributed by atoms with Crippen molar-refractivity contribution in [2.75, 3.05) is 6.54 Å². The van der Waals surface area contributed by atoms with Gasteiger partial charge in [-0.2, -0.15) is 0 Å². The number of hydrogen-bond acceptors (Lipinski definition) is 3. The summed E-state index contributed by atoms with van der Waals surface area (Å²) < 4.78 is 0.757. The highest BCUT2D eigenvalue weighted by Gasteiger charge is 2.22. The zero-order valence-electron chi connectivity index (χ0n) is 10.1. The molecule has 1 heterocycles. The number of rotatable bonds is 4. The van der Waals surface area contributed by atoms with Crippen molar-refractivity contribution in [3.8, 4) is 0 Å². The van der Waals surface area contributed by atoms with E-state index in [0.29, 0.717) is 11.6 Å². The lowest BCUT2D eigenvalue weighted by Gasteiger charge is -2.22. The smallest absolute Gasteiger partial charge is 0.0871 e. The van der Waals surface area contributed by atoms with Gasteiger partial charge in [0.15, 0.2) is 0 Å². The van der Waals surface area contributed by atoms with Crippen LogP contribution in [0.5, 0.6) is 0 Å². The van der Waals surface area contributed by atoms with Crippen LogP contribution in [-0.2, 0) is 0 Å². The average Bonchev–Trinajstić information content (AvgIpc) is 2.44. The van der Waals surface area contributed by atoms with Crippen LogP contribution in [0, 0.1) is 0 Å². The maximum atomic E-state index is 10.5. The summed E-state index contributed by atoms with van der Waals surface area (Å²) in [5, 5.41) is 11.1. The Morgan fingerprint density at radius 3 is 2.68 bits per heavy atom. The van der Waals surface area contributed by atoms with Crippen LogP contribution in [0.2, 0.25) is 5.02 Å². The SMILES string of the molecule is NCC(c1cccnc1)C(O)c1ccc(Cl)c(Br)c1. The van der Waals surface area contributed by atoms with Crippen LogP contribution in [0.25, 0.3) is 0 Å². The summed E-state index contributed by atoms with van der Waals surface area (Å²) in [6, 6.07) is 9.12. The van der Waals surface area contributed by atoms with E-state index in [1.807, 2.05) is 18.2 Å². The van der Waals surface area contributed by atoms with E-state index in [0.717, 1.165) is 15.6 Å². The number of halogens is 2. The van der Waals surface area contributed by atoms with E-state index >= 15 is 0 Å². The summed E-state index contributed by atoms with van der Waals surface area (Å²) in [6.45, 7) is 0.340. The van der Waals surface area contributed by atoms with Gasteiger partial charge in [0.05, 0.1) is 11.1 Å². The molecule has 0 saturated heterocycles. The van der Waals surface area contributed by atoms with Crippen molar-refractivity contribution in [2.45, 2.75) is 12.0 Å². The first-order valence-corrected chi connectivity index (χ1v) is 7.03. The summed E-state index contributed by atoms with van der Waals surface area (Å²) in [4.78, 5) is 4.06. The third kappa shape index (κ3) is 3.34. The molecular weight excluding hydrogens is 328 g/mol. The minimum atomic E-state index is -0.692. The maximum absolute atomic E-state index is 10.5. The van der Waals surface area contributed by atoms with Crippen LogP contribution in [0.3, 0.4) is 0 Å². The molecule has 2 unspecified atom stereocenters. The first-order valence-electron chi connectivity index (χ1n) is 5.86. The number of pyridine rings is 1. The van der Waals surface area contributed by atoms with Gasteiger partial charge in [-0.1, -0.05) is 23.7 Å². The first-order chi connectivity index (χ1) is 9.13. The fourth-order valence-corrected chi connectivity index (χ4v) is 2.49. The van der Waals surface area contributed by atoms with E-state index in [1.165, 1.54) is 0 Å². The minimum absolute atomic E-state index is 0.193. The number of nitrogens with zero attached hydrogens (tertiary/aromatic N) is 1. The number of aliphatic hydroxyl groups is 1. The van der Waals surface area contributed by atoms with Gasteiger partial charge in [0.25, 0.3) is 0 Å². The molecule has 2 atom stereocenters. The van der Waals surface area contributed by atoms with Crippen molar-refractivity contribution in [2.24, 2.45) is 5.73 Å². The first kappa shape index (κ1) is 14.5.